The number of amides is 1. The first-order valence-corrected chi connectivity index (χ1v) is 11.7. The van der Waals surface area contributed by atoms with Crippen LogP contribution in [0, 0.1) is 12.7 Å². The maximum absolute atomic E-state index is 14.7. The predicted molar refractivity (Wildman–Crippen MR) is 117 cm³/mol. The second-order valence-electron chi connectivity index (χ2n) is 6.91. The Labute approximate surface area is 195 Å². The third kappa shape index (κ3) is 4.77. The molecule has 32 heavy (non-hydrogen) atoms. The lowest BCUT2D eigenvalue weighted by Crippen LogP contribution is -2.34. The van der Waals surface area contributed by atoms with Gasteiger partial charge in [0.25, 0.3) is 0 Å². The number of aromatic amines is 1. The number of aromatic nitrogens is 2. The highest BCUT2D eigenvalue weighted by Gasteiger charge is 2.34. The molecule has 2 atom stereocenters. The molecule has 3 rings (SSSR count). The molecular weight excluding hydrogens is 531 g/mol. The van der Waals surface area contributed by atoms with Gasteiger partial charge in [-0.15, -0.1) is 5.10 Å². The zero-order valence-corrected chi connectivity index (χ0v) is 19.8. The number of primary amides is 1. The lowest BCUT2D eigenvalue weighted by Gasteiger charge is -2.25. The molecule has 0 aliphatic rings. The van der Waals surface area contributed by atoms with E-state index in [1.54, 1.807) is 6.92 Å². The summed E-state index contributed by atoms with van der Waals surface area (Å²) >= 11 is 9.28. The molecule has 0 spiro atoms. The van der Waals surface area contributed by atoms with Gasteiger partial charge in [-0.3, -0.25) is 4.79 Å². The van der Waals surface area contributed by atoms with Gasteiger partial charge in [-0.1, -0.05) is 34.5 Å². The summed E-state index contributed by atoms with van der Waals surface area (Å²) in [7, 11) is -4.42. The van der Waals surface area contributed by atoms with Crippen molar-refractivity contribution in [2.75, 3.05) is 0 Å². The van der Waals surface area contributed by atoms with Crippen molar-refractivity contribution in [1.82, 2.24) is 14.9 Å². The average Bonchev–Trinajstić information content (AvgIpc) is 3.15. The Morgan fingerprint density at radius 1 is 1.34 bits per heavy atom. The molecule has 0 aliphatic carbocycles. The second kappa shape index (κ2) is 9.14. The van der Waals surface area contributed by atoms with Gasteiger partial charge < -0.3 is 10.2 Å². The highest BCUT2D eigenvalue weighted by atomic mass is 79.9. The fourth-order valence-corrected chi connectivity index (χ4v) is 5.28. The Balaban J connectivity index is 2.14. The molecule has 3 aromatic rings. The van der Waals surface area contributed by atoms with E-state index in [1.807, 2.05) is 0 Å². The van der Waals surface area contributed by atoms with Gasteiger partial charge in [0, 0.05) is 15.4 Å². The van der Waals surface area contributed by atoms with Crippen molar-refractivity contribution in [3.63, 3.8) is 0 Å². The second-order valence-corrected chi connectivity index (χ2v) is 9.92. The molecule has 1 heterocycles. The molecule has 2 aromatic carbocycles. The number of sulfonamides is 1. The van der Waals surface area contributed by atoms with E-state index in [1.165, 1.54) is 31.2 Å². The minimum Gasteiger partial charge on any atom is -0.391 e. The SMILES string of the molecule is Cc1c(Cl)ccc(F)c1[C@@H](C)[C@H](NS(=O)(=O)c1ccc(Br)cc1C(N)=O)c1n[nH]c(=O)o1. The quantitative estimate of drug-likeness (QED) is 0.414. The number of hydrogen-bond donors (Lipinski definition) is 3. The minimum atomic E-state index is -4.42. The molecular formula is C19H17BrClFN4O5S. The van der Waals surface area contributed by atoms with Gasteiger partial charge >= 0.3 is 5.76 Å². The van der Waals surface area contributed by atoms with Crippen LogP contribution in [0.1, 0.15) is 46.3 Å². The van der Waals surface area contributed by atoms with Crippen LogP contribution in [0.2, 0.25) is 5.02 Å². The Kier molecular flexibility index (Phi) is 6.89. The van der Waals surface area contributed by atoms with Gasteiger partial charge in [0.1, 0.15) is 11.9 Å². The average molecular weight is 548 g/mol. The smallest absolute Gasteiger partial charge is 0.391 e. The molecule has 0 bridgehead atoms. The number of benzene rings is 2. The largest absolute Gasteiger partial charge is 0.434 e. The van der Waals surface area contributed by atoms with Crippen molar-refractivity contribution in [3.05, 3.63) is 78.8 Å². The topological polar surface area (TPSA) is 148 Å². The van der Waals surface area contributed by atoms with E-state index in [9.17, 15) is 22.4 Å². The van der Waals surface area contributed by atoms with E-state index in [2.05, 4.69) is 30.8 Å². The fraction of sp³-hybridized carbons (Fsp3) is 0.211. The summed E-state index contributed by atoms with van der Waals surface area (Å²) in [6.07, 6.45) is 0. The molecule has 0 saturated carbocycles. The number of nitrogens with one attached hydrogen (secondary N) is 2. The van der Waals surface area contributed by atoms with E-state index >= 15 is 0 Å². The molecule has 0 radical (unpaired) electrons. The van der Waals surface area contributed by atoms with Crippen LogP contribution in [-0.2, 0) is 10.0 Å². The third-order valence-corrected chi connectivity index (χ3v) is 7.25. The first kappa shape index (κ1) is 24.1. The predicted octanol–water partition coefficient (Wildman–Crippen LogP) is 3.15. The monoisotopic (exact) mass is 546 g/mol. The first-order valence-electron chi connectivity index (χ1n) is 9.04. The van der Waals surface area contributed by atoms with Gasteiger partial charge in [-0.25, -0.2) is 22.7 Å². The van der Waals surface area contributed by atoms with E-state index in [-0.39, 0.29) is 22.0 Å². The highest BCUT2D eigenvalue weighted by Crippen LogP contribution is 2.36. The molecule has 0 saturated heterocycles. The van der Waals surface area contributed by atoms with Crippen molar-refractivity contribution >= 4 is 43.5 Å². The number of nitrogens with two attached hydrogens (primary N) is 1. The summed E-state index contributed by atoms with van der Waals surface area (Å²) in [6.45, 7) is 3.09. The summed E-state index contributed by atoms with van der Waals surface area (Å²) in [5.41, 5.74) is 5.54. The first-order chi connectivity index (χ1) is 14.9. The normalized spacial score (nSPS) is 13.7. The van der Waals surface area contributed by atoms with Crippen LogP contribution in [-0.4, -0.2) is 24.5 Å². The zero-order valence-electron chi connectivity index (χ0n) is 16.6. The van der Waals surface area contributed by atoms with Crippen LogP contribution in [0.15, 0.2) is 48.9 Å². The standard InChI is InChI=1S/C19H17BrClFN4O5S/c1-8-12(21)4-5-13(22)15(8)9(2)16(18-24-25-19(28)31-18)26-32(29,30)14-6-3-10(20)7-11(14)17(23)27/h3-7,9,16,26H,1-2H3,(H2,23,27)(H,25,28)/t9-,16+/m1/s1. The molecule has 0 fully saturated rings. The van der Waals surface area contributed by atoms with Crippen molar-refractivity contribution in [2.45, 2.75) is 30.7 Å². The zero-order chi connectivity index (χ0) is 23.8. The molecule has 1 amide bonds. The van der Waals surface area contributed by atoms with Gasteiger partial charge in [0.05, 0.1) is 10.5 Å². The van der Waals surface area contributed by atoms with Crippen molar-refractivity contribution < 1.29 is 22.0 Å². The Morgan fingerprint density at radius 3 is 2.62 bits per heavy atom. The van der Waals surface area contributed by atoms with E-state index < -0.39 is 44.4 Å². The molecule has 170 valence electrons. The molecule has 13 heteroatoms. The maximum atomic E-state index is 14.7. The molecule has 4 N–H and O–H groups in total. The van der Waals surface area contributed by atoms with Gasteiger partial charge in [0.15, 0.2) is 0 Å². The minimum absolute atomic E-state index is 0.0989. The van der Waals surface area contributed by atoms with Crippen molar-refractivity contribution in [3.8, 4) is 0 Å². The molecule has 0 unspecified atom stereocenters. The third-order valence-electron chi connectivity index (χ3n) is 4.85. The Hall–Kier alpha value is -2.54. The van der Waals surface area contributed by atoms with Crippen LogP contribution < -0.4 is 16.2 Å². The number of nitrogens with zero attached hydrogens (tertiary/aromatic N) is 1. The highest BCUT2D eigenvalue weighted by molar-refractivity contribution is 9.10. The van der Waals surface area contributed by atoms with Gasteiger partial charge in [-0.05, 0) is 48.4 Å². The summed E-state index contributed by atoms with van der Waals surface area (Å²) in [6, 6.07) is 5.03. The number of hydrogen-bond acceptors (Lipinski definition) is 6. The van der Waals surface area contributed by atoms with Crippen LogP contribution in [0.3, 0.4) is 0 Å². The molecule has 0 aliphatic heterocycles. The maximum Gasteiger partial charge on any atom is 0.434 e. The Bertz CT molecular complexity index is 1360. The summed E-state index contributed by atoms with van der Waals surface area (Å²) in [4.78, 5) is 23.0. The van der Waals surface area contributed by atoms with E-state index in [0.29, 0.717) is 10.0 Å². The van der Waals surface area contributed by atoms with E-state index in [4.69, 9.17) is 21.8 Å². The van der Waals surface area contributed by atoms with Crippen LogP contribution in [0.25, 0.3) is 0 Å². The number of H-pyrrole nitrogens is 1. The van der Waals surface area contributed by atoms with Crippen molar-refractivity contribution in [2.24, 2.45) is 5.73 Å². The van der Waals surface area contributed by atoms with Gasteiger partial charge in [-0.2, -0.15) is 4.72 Å². The van der Waals surface area contributed by atoms with Gasteiger partial charge in [0.2, 0.25) is 21.8 Å². The molecule has 1 aromatic heterocycles. The van der Waals surface area contributed by atoms with E-state index in [0.717, 1.165) is 6.07 Å². The van der Waals surface area contributed by atoms with Crippen LogP contribution in [0.4, 0.5) is 4.39 Å². The molecule has 9 nitrogen and oxygen atoms in total. The number of rotatable bonds is 7. The summed E-state index contributed by atoms with van der Waals surface area (Å²) < 4.78 is 48.9. The lowest BCUT2D eigenvalue weighted by atomic mass is 9.90. The fourth-order valence-electron chi connectivity index (χ4n) is 3.29. The number of carbonyl (C=O) groups is 1. The van der Waals surface area contributed by atoms with Crippen molar-refractivity contribution in [1.29, 1.82) is 0 Å². The Morgan fingerprint density at radius 2 is 2.03 bits per heavy atom. The van der Waals surface area contributed by atoms with Crippen LogP contribution in [0.5, 0.6) is 0 Å². The lowest BCUT2D eigenvalue weighted by molar-refractivity contribution is 0.0997. The summed E-state index contributed by atoms with van der Waals surface area (Å²) in [5, 5.41) is 6.03. The van der Waals surface area contributed by atoms with Crippen LogP contribution >= 0.6 is 27.5 Å². The summed E-state index contributed by atoms with van der Waals surface area (Å²) in [5.74, 6) is -3.80. The number of halogens is 3. The number of carbonyl (C=O) groups excluding carboxylic acids is 1.